The minimum Gasteiger partial charge on any atom is -0.369 e. The molecule has 0 heterocycles. The number of hydrogen-bond acceptors (Lipinski definition) is 4. The Morgan fingerprint density at radius 3 is 1.28 bits per heavy atom. The Hall–Kier alpha value is -1.94. The number of carbonyl (C=O) groups is 2. The van der Waals surface area contributed by atoms with Crippen molar-refractivity contribution in [3.8, 4) is 0 Å². The van der Waals surface area contributed by atoms with Crippen LogP contribution in [0.15, 0.2) is 10.2 Å². The third kappa shape index (κ3) is 14.1. The average molecular weight is 303 g/mol. The van der Waals surface area contributed by atoms with Gasteiger partial charge in [-0.25, -0.2) is 10.9 Å². The molecule has 0 aromatic heterocycles. The lowest BCUT2D eigenvalue weighted by atomic mass is 10.3. The van der Waals surface area contributed by atoms with Crippen LogP contribution >= 0.6 is 24.8 Å². The maximum absolute atomic E-state index is 11.0. The van der Waals surface area contributed by atoms with E-state index in [0.717, 1.165) is 0 Å². The zero-order valence-corrected chi connectivity index (χ0v) is 10.9. The number of nitrogens with one attached hydrogen (secondary N) is 2. The number of guanidine groups is 2. The monoisotopic (exact) mass is 302 g/mol. The Balaban J connectivity index is -0.00000112. The number of amides is 2. The van der Waals surface area contributed by atoms with E-state index in [4.69, 9.17) is 22.9 Å². The molecule has 10 nitrogen and oxygen atoms in total. The molecule has 0 rings (SSSR count). The molecule has 106 valence electrons. The molecule has 0 aromatic carbocycles. The summed E-state index contributed by atoms with van der Waals surface area (Å²) < 4.78 is 0. The van der Waals surface area contributed by atoms with Crippen molar-refractivity contribution in [1.82, 2.24) is 10.9 Å². The smallest absolute Gasteiger partial charge is 0.240 e. The fraction of sp³-hybridized carbons (Fsp3) is 0.333. The number of nitrogens with zero attached hydrogens (tertiary/aromatic N) is 2. The minimum atomic E-state index is -0.506. The molecule has 0 radical (unpaired) electrons. The summed E-state index contributed by atoms with van der Waals surface area (Å²) in [6.45, 7) is 0. The zero-order valence-electron chi connectivity index (χ0n) is 9.25. The molecule has 0 saturated heterocycles. The van der Waals surface area contributed by atoms with Crippen molar-refractivity contribution >= 4 is 48.5 Å². The van der Waals surface area contributed by atoms with E-state index in [2.05, 4.69) is 10.2 Å². The van der Waals surface area contributed by atoms with Crippen molar-refractivity contribution in [1.29, 1.82) is 0 Å². The highest BCUT2D eigenvalue weighted by molar-refractivity contribution is 5.86. The summed E-state index contributed by atoms with van der Waals surface area (Å²) in [6, 6.07) is 0. The van der Waals surface area contributed by atoms with Gasteiger partial charge in [0.15, 0.2) is 0 Å². The predicted octanol–water partition coefficient (Wildman–Crippen LogP) is -2.78. The Kier molecular flexibility index (Phi) is 13.7. The van der Waals surface area contributed by atoms with Gasteiger partial charge in [-0.15, -0.1) is 35.0 Å². The van der Waals surface area contributed by atoms with Crippen LogP contribution in [-0.2, 0) is 9.59 Å². The first-order valence-electron chi connectivity index (χ1n) is 4.16. The normalized spacial score (nSPS) is 7.78. The second kappa shape index (κ2) is 11.5. The zero-order chi connectivity index (χ0) is 12.6. The van der Waals surface area contributed by atoms with Crippen LogP contribution < -0.4 is 33.8 Å². The van der Waals surface area contributed by atoms with Crippen LogP contribution in [0.5, 0.6) is 0 Å². The molecule has 2 amide bonds. The number of hydrazone groups is 2. The van der Waals surface area contributed by atoms with Gasteiger partial charge < -0.3 is 22.9 Å². The van der Waals surface area contributed by atoms with E-state index in [1.165, 1.54) is 0 Å². The van der Waals surface area contributed by atoms with Gasteiger partial charge in [0.1, 0.15) is 0 Å². The summed E-state index contributed by atoms with van der Waals surface area (Å²) in [6.07, 6.45) is -0.189. The number of rotatable bonds is 5. The SMILES string of the molecule is Cl.Cl.NC(N)=NNC(=O)CCC(=O)NN=C(N)N. The summed E-state index contributed by atoms with van der Waals surface area (Å²) in [7, 11) is 0. The minimum absolute atomic E-state index is 0. The summed E-state index contributed by atoms with van der Waals surface area (Å²) in [5.41, 5.74) is 23.9. The van der Waals surface area contributed by atoms with Crippen LogP contribution in [0.2, 0.25) is 0 Å². The number of nitrogens with two attached hydrogens (primary N) is 4. The Labute approximate surface area is 115 Å². The Morgan fingerprint density at radius 1 is 0.778 bits per heavy atom. The van der Waals surface area contributed by atoms with Crippen LogP contribution in [0.25, 0.3) is 0 Å². The van der Waals surface area contributed by atoms with Crippen molar-refractivity contribution in [3.05, 3.63) is 0 Å². The first kappa shape index (κ1) is 21.4. The van der Waals surface area contributed by atoms with Gasteiger partial charge in [0, 0.05) is 12.8 Å². The molecule has 0 unspecified atom stereocenters. The molecule has 0 atom stereocenters. The molecular weight excluding hydrogens is 287 g/mol. The van der Waals surface area contributed by atoms with E-state index >= 15 is 0 Å². The van der Waals surface area contributed by atoms with Crippen LogP contribution in [0.3, 0.4) is 0 Å². The molecule has 0 bridgehead atoms. The molecule has 10 N–H and O–H groups in total. The van der Waals surface area contributed by atoms with Crippen molar-refractivity contribution in [2.75, 3.05) is 0 Å². The van der Waals surface area contributed by atoms with Crippen LogP contribution in [0.1, 0.15) is 12.8 Å². The third-order valence-corrected chi connectivity index (χ3v) is 1.20. The van der Waals surface area contributed by atoms with Gasteiger partial charge in [0.25, 0.3) is 0 Å². The standard InChI is InChI=1S/C6H14N8O2.2ClH/c7-5(8)13-11-3(15)1-2-4(16)12-14-6(9)10;;/h1-2H2,(H,11,15)(H,12,16)(H4,7,8,13)(H4,9,10,14);2*1H. The van der Waals surface area contributed by atoms with E-state index in [1.54, 1.807) is 0 Å². The van der Waals surface area contributed by atoms with E-state index < -0.39 is 11.8 Å². The van der Waals surface area contributed by atoms with E-state index in [0.29, 0.717) is 0 Å². The molecule has 0 fully saturated rings. The van der Waals surface area contributed by atoms with Gasteiger partial charge in [-0.2, -0.15) is 0 Å². The second-order valence-electron chi connectivity index (χ2n) is 2.64. The van der Waals surface area contributed by atoms with Crippen molar-refractivity contribution in [2.45, 2.75) is 12.8 Å². The van der Waals surface area contributed by atoms with Crippen molar-refractivity contribution in [3.63, 3.8) is 0 Å². The fourth-order valence-electron chi connectivity index (χ4n) is 0.593. The Bertz CT molecular complexity index is 292. The quantitative estimate of drug-likeness (QED) is 0.181. The molecule has 0 aliphatic rings. The Morgan fingerprint density at radius 2 is 1.06 bits per heavy atom. The molecule has 0 aliphatic heterocycles. The average Bonchev–Trinajstić information content (AvgIpc) is 2.20. The lowest BCUT2D eigenvalue weighted by Crippen LogP contribution is -2.31. The summed E-state index contributed by atoms with van der Waals surface area (Å²) in [4.78, 5) is 22.0. The largest absolute Gasteiger partial charge is 0.369 e. The number of halogens is 2. The maximum Gasteiger partial charge on any atom is 0.240 e. The third-order valence-electron chi connectivity index (χ3n) is 1.20. The lowest BCUT2D eigenvalue weighted by Gasteiger charge is -2.00. The number of hydrogen-bond donors (Lipinski definition) is 6. The molecule has 0 aliphatic carbocycles. The highest BCUT2D eigenvalue weighted by Crippen LogP contribution is 1.88. The van der Waals surface area contributed by atoms with E-state index in [9.17, 15) is 9.59 Å². The molecule has 0 spiro atoms. The topological polar surface area (TPSA) is 187 Å². The van der Waals surface area contributed by atoms with Gasteiger partial charge in [-0.3, -0.25) is 9.59 Å². The highest BCUT2D eigenvalue weighted by Gasteiger charge is 2.05. The summed E-state index contributed by atoms with van der Waals surface area (Å²) in [5.74, 6) is -1.57. The van der Waals surface area contributed by atoms with Crippen LogP contribution in [0.4, 0.5) is 0 Å². The van der Waals surface area contributed by atoms with Gasteiger partial charge in [0.2, 0.25) is 23.7 Å². The van der Waals surface area contributed by atoms with Gasteiger partial charge in [-0.05, 0) is 0 Å². The van der Waals surface area contributed by atoms with Crippen molar-refractivity contribution < 1.29 is 9.59 Å². The second-order valence-corrected chi connectivity index (χ2v) is 2.64. The summed E-state index contributed by atoms with van der Waals surface area (Å²) >= 11 is 0. The molecule has 0 aromatic rings. The first-order chi connectivity index (χ1) is 7.41. The molecule has 18 heavy (non-hydrogen) atoms. The highest BCUT2D eigenvalue weighted by atomic mass is 35.5. The van der Waals surface area contributed by atoms with Gasteiger partial charge in [0.05, 0.1) is 0 Å². The maximum atomic E-state index is 11.0. The van der Waals surface area contributed by atoms with E-state index in [-0.39, 0.29) is 49.6 Å². The summed E-state index contributed by atoms with van der Waals surface area (Å²) in [5, 5.41) is 6.50. The first-order valence-corrected chi connectivity index (χ1v) is 4.16. The predicted molar refractivity (Wildman–Crippen MR) is 71.6 cm³/mol. The molecule has 0 saturated carbocycles. The van der Waals surface area contributed by atoms with Crippen molar-refractivity contribution in [2.24, 2.45) is 33.1 Å². The fourth-order valence-corrected chi connectivity index (χ4v) is 0.593. The van der Waals surface area contributed by atoms with Crippen LogP contribution in [0, 0.1) is 0 Å². The van der Waals surface area contributed by atoms with Gasteiger partial charge >= 0.3 is 0 Å². The van der Waals surface area contributed by atoms with Gasteiger partial charge in [-0.1, -0.05) is 0 Å². The lowest BCUT2D eigenvalue weighted by molar-refractivity contribution is -0.126. The molecular formula is C6H16Cl2N8O2. The van der Waals surface area contributed by atoms with Crippen LogP contribution in [-0.4, -0.2) is 23.7 Å². The number of carbonyl (C=O) groups excluding carboxylic acids is 2. The molecule has 12 heteroatoms. The van der Waals surface area contributed by atoms with E-state index in [1.807, 2.05) is 10.9 Å².